The van der Waals surface area contributed by atoms with Crippen LogP contribution in [0.25, 0.3) is 0 Å². The maximum Gasteiger partial charge on any atom is 0.106 e. The lowest BCUT2D eigenvalue weighted by Crippen LogP contribution is -2.30. The quantitative estimate of drug-likeness (QED) is 0.466. The fourth-order valence-corrected chi connectivity index (χ4v) is 0.716. The maximum absolute atomic E-state index is 9.04. The van der Waals surface area contributed by atoms with Crippen LogP contribution in [0.15, 0.2) is 0 Å². The Labute approximate surface area is 61.0 Å². The molecule has 9 heavy (non-hydrogen) atoms. The Hall–Kier alpha value is 0.210. The molecule has 0 saturated heterocycles. The van der Waals surface area contributed by atoms with Crippen LogP contribution in [-0.2, 0) is 0 Å². The molecule has 0 aromatic carbocycles. The summed E-state index contributed by atoms with van der Waals surface area (Å²) in [6, 6.07) is 0. The third-order valence-corrected chi connectivity index (χ3v) is 1.37. The van der Waals surface area contributed by atoms with Crippen LogP contribution in [0.5, 0.6) is 0 Å². The molecule has 0 amide bonds. The van der Waals surface area contributed by atoms with E-state index in [0.29, 0.717) is 12.3 Å². The van der Waals surface area contributed by atoms with Crippen LogP contribution < -0.4 is 5.73 Å². The number of rotatable bonds is 3. The highest BCUT2D eigenvalue weighted by Crippen LogP contribution is 2.08. The van der Waals surface area contributed by atoms with Crippen molar-refractivity contribution in [3.05, 3.63) is 0 Å². The molecule has 0 saturated carbocycles. The van der Waals surface area contributed by atoms with E-state index in [-0.39, 0.29) is 0 Å². The van der Waals surface area contributed by atoms with E-state index in [4.69, 9.17) is 22.4 Å². The Morgan fingerprint density at radius 1 is 1.56 bits per heavy atom. The summed E-state index contributed by atoms with van der Waals surface area (Å²) < 4.78 is 0. The van der Waals surface area contributed by atoms with Crippen molar-refractivity contribution in [1.82, 2.24) is 0 Å². The van der Waals surface area contributed by atoms with Crippen LogP contribution >= 0.6 is 11.6 Å². The summed E-state index contributed by atoms with van der Waals surface area (Å²) in [4.78, 5) is 0. The summed E-state index contributed by atoms with van der Waals surface area (Å²) in [5.41, 5.74) is 4.58. The largest absolute Gasteiger partial charge is 0.390 e. The molecule has 3 N–H and O–H groups in total. The van der Waals surface area contributed by atoms with Gasteiger partial charge in [0.25, 0.3) is 0 Å². The minimum absolute atomic E-state index is 0.449. The topological polar surface area (TPSA) is 46.2 Å². The van der Waals surface area contributed by atoms with Gasteiger partial charge in [-0.2, -0.15) is 0 Å². The van der Waals surface area contributed by atoms with E-state index in [9.17, 15) is 0 Å². The molecule has 0 fully saturated rings. The maximum atomic E-state index is 9.04. The summed E-state index contributed by atoms with van der Waals surface area (Å²) in [5, 5.41) is 9.04. The van der Waals surface area contributed by atoms with Crippen LogP contribution in [0.2, 0.25) is 0 Å². The van der Waals surface area contributed by atoms with Gasteiger partial charge in [-0.3, -0.25) is 0 Å². The molecule has 0 aromatic rings. The van der Waals surface area contributed by atoms with Crippen molar-refractivity contribution in [2.75, 3.05) is 0 Å². The lowest BCUT2D eigenvalue weighted by Gasteiger charge is -2.14. The molecule has 0 bridgehead atoms. The van der Waals surface area contributed by atoms with Crippen molar-refractivity contribution >= 4 is 11.6 Å². The number of nitrogens with two attached hydrogens (primary N) is 1. The molecule has 56 valence electrons. The monoisotopic (exact) mass is 151 g/mol. The van der Waals surface area contributed by atoms with Crippen LogP contribution in [0.1, 0.15) is 20.3 Å². The van der Waals surface area contributed by atoms with Crippen LogP contribution in [0.3, 0.4) is 0 Å². The predicted octanol–water partition coefficient (Wildman–Crippen LogP) is 0.917. The van der Waals surface area contributed by atoms with Crippen LogP contribution in [0, 0.1) is 5.92 Å². The number of hydrogen-bond acceptors (Lipinski definition) is 2. The van der Waals surface area contributed by atoms with Gasteiger partial charge in [0.2, 0.25) is 0 Å². The molecule has 0 aliphatic heterocycles. The second kappa shape index (κ2) is 4.09. The third kappa shape index (κ3) is 4.70. The van der Waals surface area contributed by atoms with Gasteiger partial charge in [-0.05, 0) is 12.3 Å². The molecule has 2 nitrogen and oxygen atoms in total. The molecule has 0 rings (SSSR count). The van der Waals surface area contributed by atoms with Crippen molar-refractivity contribution in [2.24, 2.45) is 11.7 Å². The third-order valence-electron chi connectivity index (χ3n) is 1.08. The number of halogens is 1. The second-order valence-corrected chi connectivity index (χ2v) is 3.15. The van der Waals surface area contributed by atoms with Gasteiger partial charge in [-0.15, -0.1) is 11.6 Å². The zero-order valence-electron chi connectivity index (χ0n) is 5.84. The smallest absolute Gasteiger partial charge is 0.106 e. The molecular formula is C6H14ClNO. The molecule has 0 radical (unpaired) electrons. The Kier molecular flexibility index (Phi) is 4.19. The van der Waals surface area contributed by atoms with E-state index in [1.807, 2.05) is 13.8 Å². The zero-order valence-corrected chi connectivity index (χ0v) is 6.60. The molecule has 0 spiro atoms. The molecule has 0 heterocycles. The second-order valence-electron chi connectivity index (χ2n) is 2.64. The van der Waals surface area contributed by atoms with Gasteiger partial charge in [-0.25, -0.2) is 0 Å². The van der Waals surface area contributed by atoms with Gasteiger partial charge in [0.15, 0.2) is 0 Å². The Bertz CT molecular complexity index is 75.5. The van der Waals surface area contributed by atoms with Crippen LogP contribution in [0.4, 0.5) is 0 Å². The standard InChI is InChI=1S/C6H14ClNO/c1-4(2)3-5(9)6(7)8/h4-6,9H,3,8H2,1-2H3. The Morgan fingerprint density at radius 2 is 2.00 bits per heavy atom. The van der Waals surface area contributed by atoms with Crippen molar-refractivity contribution in [3.8, 4) is 0 Å². The normalized spacial score (nSPS) is 18.0. The summed E-state index contributed by atoms with van der Waals surface area (Å²) in [6.07, 6.45) is 0.108. The number of alkyl halides is 1. The van der Waals surface area contributed by atoms with E-state index in [1.165, 1.54) is 0 Å². The van der Waals surface area contributed by atoms with E-state index in [1.54, 1.807) is 0 Å². The molecule has 0 aliphatic carbocycles. The highest BCUT2D eigenvalue weighted by atomic mass is 35.5. The van der Waals surface area contributed by atoms with E-state index in [2.05, 4.69) is 0 Å². The lowest BCUT2D eigenvalue weighted by molar-refractivity contribution is 0.145. The first-order valence-electron chi connectivity index (χ1n) is 3.11. The van der Waals surface area contributed by atoms with E-state index in [0.717, 1.165) is 0 Å². The molecule has 0 aromatic heterocycles. The zero-order chi connectivity index (χ0) is 7.44. The predicted molar refractivity (Wildman–Crippen MR) is 39.3 cm³/mol. The Morgan fingerprint density at radius 3 is 2.11 bits per heavy atom. The first kappa shape index (κ1) is 9.21. The summed E-state index contributed by atoms with van der Waals surface area (Å²) in [5.74, 6) is 0.449. The molecule has 2 unspecified atom stereocenters. The first-order chi connectivity index (χ1) is 4.04. The van der Waals surface area contributed by atoms with Gasteiger partial charge in [0, 0.05) is 0 Å². The fourth-order valence-electron chi connectivity index (χ4n) is 0.613. The summed E-state index contributed by atoms with van der Waals surface area (Å²) in [7, 11) is 0. The number of aliphatic hydroxyl groups excluding tert-OH is 1. The van der Waals surface area contributed by atoms with Gasteiger partial charge >= 0.3 is 0 Å². The van der Waals surface area contributed by atoms with E-state index < -0.39 is 11.6 Å². The van der Waals surface area contributed by atoms with Gasteiger partial charge < -0.3 is 10.8 Å². The minimum Gasteiger partial charge on any atom is -0.390 e. The fraction of sp³-hybridized carbons (Fsp3) is 1.00. The van der Waals surface area contributed by atoms with Gasteiger partial charge in [-0.1, -0.05) is 13.8 Å². The van der Waals surface area contributed by atoms with Crippen molar-refractivity contribution in [3.63, 3.8) is 0 Å². The van der Waals surface area contributed by atoms with Crippen LogP contribution in [-0.4, -0.2) is 16.7 Å². The highest BCUT2D eigenvalue weighted by Gasteiger charge is 2.12. The summed E-state index contributed by atoms with van der Waals surface area (Å²) >= 11 is 5.40. The molecule has 0 aliphatic rings. The van der Waals surface area contributed by atoms with Crippen molar-refractivity contribution < 1.29 is 5.11 Å². The number of aliphatic hydroxyl groups is 1. The molecular weight excluding hydrogens is 138 g/mol. The summed E-state index contributed by atoms with van der Waals surface area (Å²) in [6.45, 7) is 4.03. The molecule has 3 heteroatoms. The van der Waals surface area contributed by atoms with Crippen molar-refractivity contribution in [2.45, 2.75) is 31.9 Å². The number of hydrogen-bond donors (Lipinski definition) is 2. The van der Waals surface area contributed by atoms with Gasteiger partial charge in [0.1, 0.15) is 5.50 Å². The molecule has 2 atom stereocenters. The average molecular weight is 152 g/mol. The lowest BCUT2D eigenvalue weighted by atomic mass is 10.1. The first-order valence-corrected chi connectivity index (χ1v) is 3.55. The Balaban J connectivity index is 3.38. The van der Waals surface area contributed by atoms with Crippen molar-refractivity contribution in [1.29, 1.82) is 0 Å². The SMILES string of the molecule is CC(C)CC(O)C(N)Cl. The average Bonchev–Trinajstić information content (AvgIpc) is 1.63. The minimum atomic E-state index is -0.618. The highest BCUT2D eigenvalue weighted by molar-refractivity contribution is 6.20. The van der Waals surface area contributed by atoms with Gasteiger partial charge in [0.05, 0.1) is 6.10 Å². The van der Waals surface area contributed by atoms with E-state index >= 15 is 0 Å².